The van der Waals surface area contributed by atoms with Crippen molar-refractivity contribution in [1.29, 1.82) is 0 Å². The zero-order valence-corrected chi connectivity index (χ0v) is 15.0. The Morgan fingerprint density at radius 1 is 1.32 bits per heavy atom. The Morgan fingerprint density at radius 2 is 1.96 bits per heavy atom. The summed E-state index contributed by atoms with van der Waals surface area (Å²) in [5, 5.41) is 4.56. The lowest BCUT2D eigenvalue weighted by atomic mass is 9.82. The second-order valence-corrected chi connectivity index (χ2v) is 7.75. The number of nitrogens with zero attached hydrogens (tertiary/aromatic N) is 3. The third-order valence-corrected chi connectivity index (χ3v) is 4.78. The second-order valence-electron chi connectivity index (χ2n) is 7.75. The lowest BCUT2D eigenvalue weighted by Crippen LogP contribution is -2.25. The maximum absolute atomic E-state index is 13.5. The number of ether oxygens (including phenoxy) is 1. The van der Waals surface area contributed by atoms with E-state index in [9.17, 15) is 13.6 Å². The van der Waals surface area contributed by atoms with Crippen LogP contribution < -0.4 is 0 Å². The predicted molar refractivity (Wildman–Crippen MR) is 89.2 cm³/mol. The standard InChI is InChI=1S/C18H23F2N3O2/c1-17(2,3)12-9-13(11-5-7-18(19,20)8-6-11)22-23-10-14(16(24)25-4)21-15(12)23/h9-11H,5-8H2,1-4H3. The van der Waals surface area contributed by atoms with Crippen LogP contribution in [0.25, 0.3) is 5.65 Å². The van der Waals surface area contributed by atoms with Gasteiger partial charge in [0.25, 0.3) is 0 Å². The largest absolute Gasteiger partial charge is 0.464 e. The number of esters is 1. The Balaban J connectivity index is 2.07. The van der Waals surface area contributed by atoms with E-state index in [1.54, 1.807) is 4.52 Å². The fraction of sp³-hybridized carbons (Fsp3) is 0.611. The number of hydrogen-bond donors (Lipinski definition) is 0. The molecule has 136 valence electrons. The normalized spacial score (nSPS) is 18.5. The van der Waals surface area contributed by atoms with Gasteiger partial charge in [-0.25, -0.2) is 23.1 Å². The van der Waals surface area contributed by atoms with Crippen molar-refractivity contribution in [2.24, 2.45) is 0 Å². The lowest BCUT2D eigenvalue weighted by molar-refractivity contribution is -0.0385. The maximum Gasteiger partial charge on any atom is 0.358 e. The van der Waals surface area contributed by atoms with Crippen LogP contribution in [0.2, 0.25) is 0 Å². The van der Waals surface area contributed by atoms with Crippen molar-refractivity contribution in [2.45, 2.75) is 63.7 Å². The van der Waals surface area contributed by atoms with E-state index in [1.165, 1.54) is 13.3 Å². The zero-order valence-electron chi connectivity index (χ0n) is 15.0. The number of fused-ring (bicyclic) bond motifs is 1. The van der Waals surface area contributed by atoms with Gasteiger partial charge in [-0.2, -0.15) is 5.10 Å². The Hall–Kier alpha value is -2.05. The molecule has 7 heteroatoms. The lowest BCUT2D eigenvalue weighted by Gasteiger charge is -2.29. The molecule has 0 radical (unpaired) electrons. The summed E-state index contributed by atoms with van der Waals surface area (Å²) in [7, 11) is 1.30. The maximum atomic E-state index is 13.5. The van der Waals surface area contributed by atoms with Gasteiger partial charge in [-0.1, -0.05) is 20.8 Å². The Kier molecular flexibility index (Phi) is 4.29. The quantitative estimate of drug-likeness (QED) is 0.764. The molecule has 2 heterocycles. The van der Waals surface area contributed by atoms with Gasteiger partial charge in [0.15, 0.2) is 11.3 Å². The summed E-state index contributed by atoms with van der Waals surface area (Å²) in [6.45, 7) is 6.15. The van der Waals surface area contributed by atoms with Crippen molar-refractivity contribution in [3.63, 3.8) is 0 Å². The summed E-state index contributed by atoms with van der Waals surface area (Å²) in [4.78, 5) is 16.2. The fourth-order valence-electron chi connectivity index (χ4n) is 3.29. The van der Waals surface area contributed by atoms with Crippen molar-refractivity contribution >= 4 is 11.6 Å². The Labute approximate surface area is 145 Å². The van der Waals surface area contributed by atoms with Crippen molar-refractivity contribution in [3.05, 3.63) is 29.2 Å². The van der Waals surface area contributed by atoms with Crippen LogP contribution in [-0.2, 0) is 10.2 Å². The van der Waals surface area contributed by atoms with Crippen molar-refractivity contribution in [3.8, 4) is 0 Å². The molecule has 1 fully saturated rings. The third kappa shape index (κ3) is 3.50. The number of imidazole rings is 1. The van der Waals surface area contributed by atoms with Gasteiger partial charge in [-0.15, -0.1) is 0 Å². The van der Waals surface area contributed by atoms with Gasteiger partial charge in [0.05, 0.1) is 19.0 Å². The molecule has 0 atom stereocenters. The first kappa shape index (κ1) is 17.8. The monoisotopic (exact) mass is 351 g/mol. The molecular formula is C18H23F2N3O2. The van der Waals surface area contributed by atoms with Crippen molar-refractivity contribution < 1.29 is 18.3 Å². The number of carbonyl (C=O) groups is 1. The number of rotatable bonds is 2. The molecule has 1 saturated carbocycles. The highest BCUT2D eigenvalue weighted by atomic mass is 19.3. The van der Waals surface area contributed by atoms with Gasteiger partial charge in [0.2, 0.25) is 5.92 Å². The number of carbonyl (C=O) groups excluding carboxylic acids is 1. The Morgan fingerprint density at radius 3 is 2.52 bits per heavy atom. The fourth-order valence-corrected chi connectivity index (χ4v) is 3.29. The van der Waals surface area contributed by atoms with Crippen molar-refractivity contribution in [2.75, 3.05) is 7.11 Å². The number of halogens is 2. The van der Waals surface area contributed by atoms with E-state index in [4.69, 9.17) is 4.74 Å². The van der Waals surface area contributed by atoms with E-state index in [0.717, 1.165) is 11.3 Å². The molecule has 3 rings (SSSR count). The summed E-state index contributed by atoms with van der Waals surface area (Å²) in [6.07, 6.45) is 2.14. The molecule has 1 aliphatic rings. The third-order valence-electron chi connectivity index (χ3n) is 4.78. The minimum Gasteiger partial charge on any atom is -0.464 e. The summed E-state index contributed by atoms with van der Waals surface area (Å²) in [5.74, 6) is -3.10. The van der Waals surface area contributed by atoms with Gasteiger partial charge in [-0.05, 0) is 24.3 Å². The molecule has 2 aromatic rings. The molecule has 0 spiro atoms. The number of alkyl halides is 2. The average molecular weight is 351 g/mol. The van der Waals surface area contributed by atoms with E-state index in [1.807, 2.05) is 26.8 Å². The average Bonchev–Trinajstić information content (AvgIpc) is 2.96. The van der Waals surface area contributed by atoms with E-state index < -0.39 is 11.9 Å². The summed E-state index contributed by atoms with van der Waals surface area (Å²) >= 11 is 0. The molecule has 2 aromatic heterocycles. The van der Waals surface area contributed by atoms with E-state index >= 15 is 0 Å². The first-order valence-electron chi connectivity index (χ1n) is 8.48. The van der Waals surface area contributed by atoms with Crippen LogP contribution >= 0.6 is 0 Å². The van der Waals surface area contributed by atoms with Crippen LogP contribution in [0, 0.1) is 0 Å². The molecule has 0 bridgehead atoms. The van der Waals surface area contributed by atoms with Gasteiger partial charge in [-0.3, -0.25) is 0 Å². The highest BCUT2D eigenvalue weighted by molar-refractivity contribution is 5.88. The molecule has 0 unspecified atom stereocenters. The van der Waals surface area contributed by atoms with Crippen molar-refractivity contribution in [1.82, 2.24) is 14.6 Å². The molecule has 0 aromatic carbocycles. The first-order chi connectivity index (χ1) is 11.6. The number of methoxy groups -OCH3 is 1. The smallest absolute Gasteiger partial charge is 0.358 e. The van der Waals surface area contributed by atoms with Crippen LogP contribution in [0.1, 0.15) is 74.1 Å². The number of hydrogen-bond acceptors (Lipinski definition) is 4. The van der Waals surface area contributed by atoms with Gasteiger partial charge in [0.1, 0.15) is 0 Å². The molecule has 0 aliphatic heterocycles. The highest BCUT2D eigenvalue weighted by Gasteiger charge is 2.36. The summed E-state index contributed by atoms with van der Waals surface area (Å²) in [5.41, 5.74) is 2.27. The molecule has 0 N–H and O–H groups in total. The Bertz CT molecular complexity index is 798. The minimum absolute atomic E-state index is 0.00546. The van der Waals surface area contributed by atoms with Crippen LogP contribution in [0.5, 0.6) is 0 Å². The van der Waals surface area contributed by atoms with E-state index in [2.05, 4.69) is 10.1 Å². The molecule has 1 aliphatic carbocycles. The van der Waals surface area contributed by atoms with E-state index in [0.29, 0.717) is 18.5 Å². The highest BCUT2D eigenvalue weighted by Crippen LogP contribution is 2.41. The zero-order chi connectivity index (χ0) is 18.4. The van der Waals surface area contributed by atoms with Crippen LogP contribution in [0.3, 0.4) is 0 Å². The first-order valence-corrected chi connectivity index (χ1v) is 8.48. The minimum atomic E-state index is -2.57. The van der Waals surface area contributed by atoms with Gasteiger partial charge >= 0.3 is 5.97 Å². The molecule has 25 heavy (non-hydrogen) atoms. The topological polar surface area (TPSA) is 56.5 Å². The molecular weight excluding hydrogens is 328 g/mol. The number of aromatic nitrogens is 3. The van der Waals surface area contributed by atoms with Gasteiger partial charge < -0.3 is 4.74 Å². The molecule has 0 amide bonds. The predicted octanol–water partition coefficient (Wildman–Crippen LogP) is 4.11. The van der Waals surface area contributed by atoms with Crippen LogP contribution in [0.15, 0.2) is 12.3 Å². The van der Waals surface area contributed by atoms with Gasteiger partial charge in [0, 0.05) is 24.3 Å². The summed E-state index contributed by atoms with van der Waals surface area (Å²) in [6, 6.07) is 1.96. The molecule has 0 saturated heterocycles. The van der Waals surface area contributed by atoms with Crippen LogP contribution in [-0.4, -0.2) is 33.6 Å². The van der Waals surface area contributed by atoms with Crippen LogP contribution in [0.4, 0.5) is 8.78 Å². The molecule has 5 nitrogen and oxygen atoms in total. The summed E-state index contributed by atoms with van der Waals surface area (Å²) < 4.78 is 33.2. The SMILES string of the molecule is COC(=O)c1cn2nc(C3CCC(F)(F)CC3)cc(C(C)(C)C)c2n1. The second kappa shape index (κ2) is 6.04. The van der Waals surface area contributed by atoms with E-state index in [-0.39, 0.29) is 29.9 Å².